The SMILES string of the molecule is CCCNC(CCC)CCc1ncnn1C. The van der Waals surface area contributed by atoms with Crippen molar-refractivity contribution in [2.24, 2.45) is 7.05 Å². The van der Waals surface area contributed by atoms with Gasteiger partial charge in [-0.3, -0.25) is 4.68 Å². The van der Waals surface area contributed by atoms with E-state index in [1.807, 2.05) is 11.7 Å². The number of nitrogens with one attached hydrogen (secondary N) is 1. The molecule has 1 atom stereocenters. The van der Waals surface area contributed by atoms with Gasteiger partial charge in [0.2, 0.25) is 0 Å². The normalized spacial score (nSPS) is 12.9. The van der Waals surface area contributed by atoms with Gasteiger partial charge >= 0.3 is 0 Å². The summed E-state index contributed by atoms with van der Waals surface area (Å²) in [5.74, 6) is 1.08. The smallest absolute Gasteiger partial charge is 0.138 e. The zero-order valence-electron chi connectivity index (χ0n) is 10.7. The van der Waals surface area contributed by atoms with Crippen LogP contribution in [0.3, 0.4) is 0 Å². The molecule has 4 nitrogen and oxygen atoms in total. The van der Waals surface area contributed by atoms with Crippen LogP contribution in [0.2, 0.25) is 0 Å². The summed E-state index contributed by atoms with van der Waals surface area (Å²) in [6, 6.07) is 0.627. The molecule has 1 heterocycles. The van der Waals surface area contributed by atoms with Gasteiger partial charge in [0.25, 0.3) is 0 Å². The highest BCUT2D eigenvalue weighted by molar-refractivity contribution is 4.85. The highest BCUT2D eigenvalue weighted by Gasteiger charge is 2.08. The van der Waals surface area contributed by atoms with E-state index < -0.39 is 0 Å². The van der Waals surface area contributed by atoms with Crippen LogP contribution in [-0.4, -0.2) is 27.4 Å². The summed E-state index contributed by atoms with van der Waals surface area (Å²) >= 11 is 0. The minimum Gasteiger partial charge on any atom is -0.314 e. The van der Waals surface area contributed by atoms with Gasteiger partial charge in [-0.2, -0.15) is 5.10 Å². The fraction of sp³-hybridized carbons (Fsp3) is 0.833. The maximum Gasteiger partial charge on any atom is 0.138 e. The Kier molecular flexibility index (Phi) is 6.08. The Morgan fingerprint density at radius 3 is 2.69 bits per heavy atom. The number of nitrogens with zero attached hydrogens (tertiary/aromatic N) is 3. The molecule has 1 aromatic heterocycles. The summed E-state index contributed by atoms with van der Waals surface area (Å²) in [4.78, 5) is 4.25. The molecule has 1 unspecified atom stereocenters. The molecular weight excluding hydrogens is 200 g/mol. The van der Waals surface area contributed by atoms with Crippen LogP contribution in [0.25, 0.3) is 0 Å². The summed E-state index contributed by atoms with van der Waals surface area (Å²) in [5, 5.41) is 7.68. The van der Waals surface area contributed by atoms with Crippen LogP contribution >= 0.6 is 0 Å². The second kappa shape index (κ2) is 7.39. The van der Waals surface area contributed by atoms with Crippen molar-refractivity contribution >= 4 is 0 Å². The Balaban J connectivity index is 2.34. The van der Waals surface area contributed by atoms with Crippen molar-refractivity contribution < 1.29 is 0 Å². The molecular formula is C12H24N4. The first-order chi connectivity index (χ1) is 7.77. The van der Waals surface area contributed by atoms with E-state index >= 15 is 0 Å². The third-order valence-electron chi connectivity index (χ3n) is 2.84. The number of hydrogen-bond donors (Lipinski definition) is 1. The highest BCUT2D eigenvalue weighted by atomic mass is 15.3. The molecule has 1 rings (SSSR count). The molecule has 0 saturated carbocycles. The molecule has 0 amide bonds. The second-order valence-corrected chi connectivity index (χ2v) is 4.28. The van der Waals surface area contributed by atoms with Crippen molar-refractivity contribution in [2.45, 2.75) is 52.0 Å². The molecule has 0 saturated heterocycles. The van der Waals surface area contributed by atoms with Gasteiger partial charge < -0.3 is 5.32 Å². The van der Waals surface area contributed by atoms with Gasteiger partial charge in [-0.1, -0.05) is 20.3 Å². The van der Waals surface area contributed by atoms with Gasteiger partial charge in [-0.25, -0.2) is 4.98 Å². The predicted octanol–water partition coefficient (Wildman–Crippen LogP) is 1.92. The van der Waals surface area contributed by atoms with Gasteiger partial charge in [0.1, 0.15) is 12.2 Å². The van der Waals surface area contributed by atoms with E-state index in [0.29, 0.717) is 6.04 Å². The largest absolute Gasteiger partial charge is 0.314 e. The summed E-state index contributed by atoms with van der Waals surface area (Å²) < 4.78 is 1.86. The first-order valence-electron chi connectivity index (χ1n) is 6.34. The summed E-state index contributed by atoms with van der Waals surface area (Å²) in [7, 11) is 1.95. The lowest BCUT2D eigenvalue weighted by Gasteiger charge is -2.17. The van der Waals surface area contributed by atoms with E-state index in [0.717, 1.165) is 25.2 Å². The number of aromatic nitrogens is 3. The van der Waals surface area contributed by atoms with Crippen LogP contribution in [0, 0.1) is 0 Å². The first kappa shape index (κ1) is 13.2. The third kappa shape index (κ3) is 4.31. The van der Waals surface area contributed by atoms with Crippen molar-refractivity contribution in [3.05, 3.63) is 12.2 Å². The van der Waals surface area contributed by atoms with Gasteiger partial charge in [0.15, 0.2) is 0 Å². The van der Waals surface area contributed by atoms with Crippen LogP contribution in [0.1, 0.15) is 45.4 Å². The molecule has 0 fully saturated rings. The van der Waals surface area contributed by atoms with E-state index in [-0.39, 0.29) is 0 Å². The fourth-order valence-corrected chi connectivity index (χ4v) is 1.90. The third-order valence-corrected chi connectivity index (χ3v) is 2.84. The zero-order chi connectivity index (χ0) is 11.8. The van der Waals surface area contributed by atoms with Crippen LogP contribution < -0.4 is 5.32 Å². The molecule has 0 spiro atoms. The number of aryl methyl sites for hydroxylation is 2. The van der Waals surface area contributed by atoms with Crippen LogP contribution in [0.15, 0.2) is 6.33 Å². The van der Waals surface area contributed by atoms with E-state index in [2.05, 4.69) is 29.2 Å². The van der Waals surface area contributed by atoms with E-state index in [1.54, 1.807) is 6.33 Å². The van der Waals surface area contributed by atoms with Crippen molar-refractivity contribution in [3.63, 3.8) is 0 Å². The maximum atomic E-state index is 4.25. The minimum atomic E-state index is 0.627. The molecule has 0 aliphatic rings. The van der Waals surface area contributed by atoms with Crippen LogP contribution in [0.5, 0.6) is 0 Å². The van der Waals surface area contributed by atoms with Crippen molar-refractivity contribution in [1.29, 1.82) is 0 Å². The Morgan fingerprint density at radius 1 is 1.31 bits per heavy atom. The van der Waals surface area contributed by atoms with Crippen LogP contribution in [-0.2, 0) is 13.5 Å². The van der Waals surface area contributed by atoms with Gasteiger partial charge in [-0.15, -0.1) is 0 Å². The lowest BCUT2D eigenvalue weighted by molar-refractivity contribution is 0.442. The monoisotopic (exact) mass is 224 g/mol. The first-order valence-corrected chi connectivity index (χ1v) is 6.34. The molecule has 1 aromatic rings. The molecule has 0 aliphatic carbocycles. The molecule has 0 bridgehead atoms. The van der Waals surface area contributed by atoms with E-state index in [4.69, 9.17) is 0 Å². The Morgan fingerprint density at radius 2 is 2.12 bits per heavy atom. The van der Waals surface area contributed by atoms with E-state index in [9.17, 15) is 0 Å². The molecule has 0 radical (unpaired) electrons. The van der Waals surface area contributed by atoms with Gasteiger partial charge in [0.05, 0.1) is 0 Å². The topological polar surface area (TPSA) is 42.7 Å². The van der Waals surface area contributed by atoms with Crippen LogP contribution in [0.4, 0.5) is 0 Å². The van der Waals surface area contributed by atoms with Crippen molar-refractivity contribution in [3.8, 4) is 0 Å². The maximum absolute atomic E-state index is 4.25. The lowest BCUT2D eigenvalue weighted by Crippen LogP contribution is -2.30. The Hall–Kier alpha value is -0.900. The van der Waals surface area contributed by atoms with E-state index in [1.165, 1.54) is 19.3 Å². The molecule has 1 N–H and O–H groups in total. The van der Waals surface area contributed by atoms with Gasteiger partial charge in [-0.05, 0) is 25.8 Å². The molecule has 0 aliphatic heterocycles. The molecule has 92 valence electrons. The predicted molar refractivity (Wildman–Crippen MR) is 66.3 cm³/mol. The molecule has 16 heavy (non-hydrogen) atoms. The molecule has 0 aromatic carbocycles. The van der Waals surface area contributed by atoms with Crippen molar-refractivity contribution in [2.75, 3.05) is 6.54 Å². The van der Waals surface area contributed by atoms with Gasteiger partial charge in [0, 0.05) is 19.5 Å². The number of hydrogen-bond acceptors (Lipinski definition) is 3. The fourth-order valence-electron chi connectivity index (χ4n) is 1.90. The minimum absolute atomic E-state index is 0.627. The Bertz CT molecular complexity index is 282. The zero-order valence-corrected chi connectivity index (χ0v) is 10.7. The van der Waals surface area contributed by atoms with Crippen molar-refractivity contribution in [1.82, 2.24) is 20.1 Å². The average Bonchev–Trinajstić information content (AvgIpc) is 2.68. The quantitative estimate of drug-likeness (QED) is 0.733. The Labute approximate surface area is 98.5 Å². The average molecular weight is 224 g/mol. The molecule has 4 heteroatoms. The number of rotatable bonds is 8. The summed E-state index contributed by atoms with van der Waals surface area (Å²) in [5.41, 5.74) is 0. The second-order valence-electron chi connectivity index (χ2n) is 4.28. The standard InChI is InChI=1S/C12H24N4/c1-4-6-11(13-9-5-2)7-8-12-14-10-15-16(12)3/h10-11,13H,4-9H2,1-3H3. The lowest BCUT2D eigenvalue weighted by atomic mass is 10.1. The summed E-state index contributed by atoms with van der Waals surface area (Å²) in [6.07, 6.45) is 7.48. The summed E-state index contributed by atoms with van der Waals surface area (Å²) in [6.45, 7) is 5.56. The highest BCUT2D eigenvalue weighted by Crippen LogP contribution is 2.06.